The zero-order valence-electron chi connectivity index (χ0n) is 27.6. The van der Waals surface area contributed by atoms with Gasteiger partial charge in [0, 0.05) is 33.2 Å². The van der Waals surface area contributed by atoms with Gasteiger partial charge in [-0.25, -0.2) is 0 Å². The molecular weight excluding hydrogens is 581 g/mol. The molecule has 0 amide bonds. The highest BCUT2D eigenvalue weighted by Crippen LogP contribution is 2.53. The second-order valence-corrected chi connectivity index (χ2v) is 13.9. The summed E-state index contributed by atoms with van der Waals surface area (Å²) in [5.41, 5.74) is 14.1. The summed E-state index contributed by atoms with van der Waals surface area (Å²) in [6, 6.07) is 55.5. The highest BCUT2D eigenvalue weighted by atomic mass is 15.2. The number of nitrogens with zero attached hydrogens (tertiary/aromatic N) is 2. The standard InChI is InChI=1S/C46H38N2/c1-31-28-39-37-18-10-12-20-41(37)46(2,3)42(39)30-45(31)47(34-14-6-4-7-15-34)36-25-22-32(23-26-36)33-24-27-44-40(29-33)38-19-11-13-21-43(38)48(44)35-16-8-5-9-17-35/h4-31,45H,1-3H3. The lowest BCUT2D eigenvalue weighted by molar-refractivity contribution is 0.585. The van der Waals surface area contributed by atoms with Crippen LogP contribution in [0.1, 0.15) is 31.9 Å². The Hall–Kier alpha value is -5.60. The van der Waals surface area contributed by atoms with E-state index in [1.165, 1.54) is 72.3 Å². The molecule has 0 saturated heterocycles. The van der Waals surface area contributed by atoms with Gasteiger partial charge in [-0.15, -0.1) is 0 Å². The zero-order valence-corrected chi connectivity index (χ0v) is 27.6. The van der Waals surface area contributed by atoms with Crippen LogP contribution in [0.4, 0.5) is 11.4 Å². The van der Waals surface area contributed by atoms with E-state index < -0.39 is 0 Å². The minimum absolute atomic E-state index is 0.0324. The summed E-state index contributed by atoms with van der Waals surface area (Å²) in [6.07, 6.45) is 5.07. The van der Waals surface area contributed by atoms with Crippen LogP contribution in [0.3, 0.4) is 0 Å². The highest BCUT2D eigenvalue weighted by molar-refractivity contribution is 6.10. The third kappa shape index (κ3) is 4.40. The zero-order chi connectivity index (χ0) is 32.4. The largest absolute Gasteiger partial charge is 0.334 e. The summed E-state index contributed by atoms with van der Waals surface area (Å²) in [6.45, 7) is 7.12. The third-order valence-corrected chi connectivity index (χ3v) is 10.7. The van der Waals surface area contributed by atoms with Gasteiger partial charge in [-0.3, -0.25) is 0 Å². The first kappa shape index (κ1) is 28.6. The lowest BCUT2D eigenvalue weighted by atomic mass is 9.77. The van der Waals surface area contributed by atoms with Gasteiger partial charge in [0.25, 0.3) is 0 Å². The van der Waals surface area contributed by atoms with Gasteiger partial charge < -0.3 is 9.47 Å². The number of rotatable bonds is 5. The molecule has 2 heteroatoms. The lowest BCUT2D eigenvalue weighted by Gasteiger charge is -2.39. The van der Waals surface area contributed by atoms with Crippen LogP contribution in [0.2, 0.25) is 0 Å². The number of anilines is 2. The van der Waals surface area contributed by atoms with E-state index in [-0.39, 0.29) is 11.5 Å². The summed E-state index contributed by atoms with van der Waals surface area (Å²) in [5.74, 6) is 0.329. The quantitative estimate of drug-likeness (QED) is 0.186. The van der Waals surface area contributed by atoms with Crippen LogP contribution in [-0.2, 0) is 5.41 Å². The second kappa shape index (κ2) is 11.0. The molecule has 2 unspecified atom stereocenters. The number of allylic oxidation sites excluding steroid dienone is 2. The Balaban J connectivity index is 1.12. The fraction of sp³-hybridized carbons (Fsp3) is 0.130. The van der Waals surface area contributed by atoms with E-state index in [2.05, 4.69) is 194 Å². The molecule has 1 aromatic heterocycles. The van der Waals surface area contributed by atoms with Crippen molar-refractivity contribution in [3.05, 3.63) is 181 Å². The minimum Gasteiger partial charge on any atom is -0.334 e. The maximum Gasteiger partial charge on any atom is 0.0588 e. The molecule has 0 radical (unpaired) electrons. The Labute approximate surface area is 282 Å². The normalized spacial score (nSPS) is 17.9. The maximum atomic E-state index is 2.55. The van der Waals surface area contributed by atoms with E-state index in [1.807, 2.05) is 0 Å². The molecule has 9 rings (SSSR count). The summed E-state index contributed by atoms with van der Waals surface area (Å²) in [5, 5.41) is 2.54. The fourth-order valence-corrected chi connectivity index (χ4v) is 8.27. The van der Waals surface area contributed by atoms with Crippen LogP contribution in [0, 0.1) is 5.92 Å². The van der Waals surface area contributed by atoms with Gasteiger partial charge in [-0.2, -0.15) is 0 Å². The van der Waals surface area contributed by atoms with Crippen LogP contribution < -0.4 is 4.90 Å². The molecule has 2 atom stereocenters. The number of para-hydroxylation sites is 3. The molecule has 0 aliphatic heterocycles. The van der Waals surface area contributed by atoms with Gasteiger partial charge in [-0.05, 0) is 93.9 Å². The van der Waals surface area contributed by atoms with Crippen molar-refractivity contribution < 1.29 is 0 Å². The van der Waals surface area contributed by atoms with Crippen LogP contribution in [-0.4, -0.2) is 10.6 Å². The summed E-state index contributed by atoms with van der Waals surface area (Å²) in [4.78, 5) is 2.53. The fourth-order valence-electron chi connectivity index (χ4n) is 8.27. The monoisotopic (exact) mass is 618 g/mol. The molecule has 6 aromatic carbocycles. The number of hydrogen-bond donors (Lipinski definition) is 0. The van der Waals surface area contributed by atoms with Crippen molar-refractivity contribution in [2.75, 3.05) is 4.90 Å². The van der Waals surface area contributed by atoms with Gasteiger partial charge in [0.1, 0.15) is 0 Å². The number of aromatic nitrogens is 1. The molecule has 0 spiro atoms. The van der Waals surface area contributed by atoms with E-state index in [9.17, 15) is 0 Å². The average molecular weight is 619 g/mol. The van der Waals surface area contributed by atoms with Gasteiger partial charge in [-0.1, -0.05) is 130 Å². The third-order valence-electron chi connectivity index (χ3n) is 10.7. The predicted octanol–water partition coefficient (Wildman–Crippen LogP) is 11.9. The van der Waals surface area contributed by atoms with Gasteiger partial charge in [0.15, 0.2) is 0 Å². The molecule has 1 heterocycles. The van der Waals surface area contributed by atoms with Crippen LogP contribution in [0.5, 0.6) is 0 Å². The van der Waals surface area contributed by atoms with Gasteiger partial charge >= 0.3 is 0 Å². The lowest BCUT2D eigenvalue weighted by Crippen LogP contribution is -2.37. The molecule has 0 fully saturated rings. The summed E-state index contributed by atoms with van der Waals surface area (Å²) >= 11 is 0. The Kier molecular flexibility index (Phi) is 6.55. The van der Waals surface area contributed by atoms with Crippen molar-refractivity contribution in [2.24, 2.45) is 5.92 Å². The van der Waals surface area contributed by atoms with Gasteiger partial charge in [0.05, 0.1) is 17.1 Å². The summed E-state index contributed by atoms with van der Waals surface area (Å²) in [7, 11) is 0. The molecule has 2 nitrogen and oxygen atoms in total. The highest BCUT2D eigenvalue weighted by Gasteiger charge is 2.41. The molecule has 2 aliphatic rings. The van der Waals surface area contributed by atoms with Crippen LogP contribution in [0.15, 0.2) is 169 Å². The van der Waals surface area contributed by atoms with E-state index in [0.717, 1.165) is 0 Å². The first-order chi connectivity index (χ1) is 23.5. The molecule has 7 aromatic rings. The number of benzene rings is 6. The molecule has 48 heavy (non-hydrogen) atoms. The Bertz CT molecular complexity index is 2370. The molecule has 0 saturated carbocycles. The number of hydrogen-bond acceptors (Lipinski definition) is 1. The second-order valence-electron chi connectivity index (χ2n) is 13.9. The molecular formula is C46H38N2. The topological polar surface area (TPSA) is 8.17 Å². The SMILES string of the molecule is CC1C=C2C(=CC1N(c1ccccc1)c1ccc(-c3ccc4c(c3)c3ccccc3n4-c3ccccc3)cc1)C(C)(C)c1ccccc12. The molecule has 0 bridgehead atoms. The van der Waals surface area contributed by atoms with Crippen molar-refractivity contribution in [3.63, 3.8) is 0 Å². The predicted molar refractivity (Wildman–Crippen MR) is 203 cm³/mol. The molecule has 232 valence electrons. The van der Waals surface area contributed by atoms with Crippen molar-refractivity contribution >= 4 is 38.8 Å². The minimum atomic E-state index is -0.0324. The number of fused-ring (bicyclic) bond motifs is 6. The average Bonchev–Trinajstić information content (AvgIpc) is 3.57. The van der Waals surface area contributed by atoms with E-state index in [1.54, 1.807) is 0 Å². The van der Waals surface area contributed by atoms with Crippen LogP contribution >= 0.6 is 0 Å². The van der Waals surface area contributed by atoms with E-state index in [4.69, 9.17) is 0 Å². The van der Waals surface area contributed by atoms with Crippen molar-refractivity contribution in [2.45, 2.75) is 32.2 Å². The van der Waals surface area contributed by atoms with Crippen molar-refractivity contribution in [1.82, 2.24) is 4.57 Å². The van der Waals surface area contributed by atoms with Crippen molar-refractivity contribution in [3.8, 4) is 16.8 Å². The van der Waals surface area contributed by atoms with Crippen LogP contribution in [0.25, 0.3) is 44.2 Å². The van der Waals surface area contributed by atoms with E-state index >= 15 is 0 Å². The first-order valence-electron chi connectivity index (χ1n) is 17.1. The smallest absolute Gasteiger partial charge is 0.0588 e. The van der Waals surface area contributed by atoms with Gasteiger partial charge in [0.2, 0.25) is 0 Å². The first-order valence-corrected chi connectivity index (χ1v) is 17.1. The summed E-state index contributed by atoms with van der Waals surface area (Å²) < 4.78 is 2.37. The Morgan fingerprint density at radius 2 is 1.19 bits per heavy atom. The van der Waals surface area contributed by atoms with Crippen molar-refractivity contribution in [1.29, 1.82) is 0 Å². The molecule has 2 aliphatic carbocycles. The van der Waals surface area contributed by atoms with E-state index in [0.29, 0.717) is 5.92 Å². The Morgan fingerprint density at radius 3 is 1.98 bits per heavy atom. The molecule has 0 N–H and O–H groups in total. The maximum absolute atomic E-state index is 2.55. The Morgan fingerprint density at radius 1 is 0.562 bits per heavy atom.